The highest BCUT2D eigenvalue weighted by atomic mass is 16.4. The molecular weight excluding hydrogens is 178 g/mol. The number of aromatic nitrogens is 1. The summed E-state index contributed by atoms with van der Waals surface area (Å²) in [7, 11) is 0. The summed E-state index contributed by atoms with van der Waals surface area (Å²) in [6.45, 7) is 1.97. The molecule has 1 aromatic rings. The highest BCUT2D eigenvalue weighted by Gasteiger charge is 2.21. The number of nitrogens with one attached hydrogen (secondary N) is 1. The summed E-state index contributed by atoms with van der Waals surface area (Å²) in [5.41, 5.74) is 1.90. The molecule has 2 rings (SSSR count). The van der Waals surface area contributed by atoms with Crippen LogP contribution in [0.2, 0.25) is 0 Å². The summed E-state index contributed by atoms with van der Waals surface area (Å²) in [5.74, 6) is 0.903. The topological polar surface area (TPSA) is 57.5 Å². The van der Waals surface area contributed by atoms with Crippen molar-refractivity contribution in [3.05, 3.63) is 23.4 Å². The van der Waals surface area contributed by atoms with Crippen LogP contribution in [0.4, 0.5) is 5.82 Å². The first-order valence-electron chi connectivity index (χ1n) is 4.70. The van der Waals surface area contributed by atoms with Crippen LogP contribution in [-0.2, 0) is 0 Å². The fraction of sp³-hybridized carbons (Fsp3) is 0.400. The summed E-state index contributed by atoms with van der Waals surface area (Å²) >= 11 is 0. The lowest BCUT2D eigenvalue weighted by atomic mass is 10.2. The Bertz CT molecular complexity index is 358. The zero-order valence-corrected chi connectivity index (χ0v) is 8.07. The second-order valence-corrected chi connectivity index (χ2v) is 3.59. The number of rotatable bonds is 3. The second-order valence-electron chi connectivity index (χ2n) is 3.59. The van der Waals surface area contributed by atoms with Crippen LogP contribution in [0.1, 0.15) is 24.0 Å². The van der Waals surface area contributed by atoms with Gasteiger partial charge in [-0.25, -0.2) is 4.98 Å². The van der Waals surface area contributed by atoms with Gasteiger partial charge >= 0.3 is 0 Å². The first-order valence-corrected chi connectivity index (χ1v) is 4.70. The molecule has 14 heavy (non-hydrogen) atoms. The van der Waals surface area contributed by atoms with Gasteiger partial charge in [0.1, 0.15) is 5.82 Å². The van der Waals surface area contributed by atoms with Gasteiger partial charge < -0.3 is 10.5 Å². The summed E-state index contributed by atoms with van der Waals surface area (Å²) in [6, 6.07) is 2.58. The van der Waals surface area contributed by atoms with E-state index in [9.17, 15) is 0 Å². The summed E-state index contributed by atoms with van der Waals surface area (Å²) in [4.78, 5) is 4.22. The number of oxime groups is 1. The van der Waals surface area contributed by atoms with Crippen LogP contribution >= 0.6 is 0 Å². The molecule has 1 aliphatic rings. The predicted octanol–water partition coefficient (Wildman–Crippen LogP) is 1.77. The molecule has 1 heterocycles. The lowest BCUT2D eigenvalue weighted by Gasteiger charge is -2.05. The molecule has 0 aliphatic heterocycles. The van der Waals surface area contributed by atoms with Gasteiger partial charge in [0, 0.05) is 17.8 Å². The number of hydrogen-bond donors (Lipinski definition) is 2. The maximum atomic E-state index is 8.39. The molecule has 0 saturated heterocycles. The van der Waals surface area contributed by atoms with Crippen molar-refractivity contribution in [3.8, 4) is 0 Å². The SMILES string of the molecule is Cc1cc(NC2CC2)ncc1/C=N/O. The Balaban J connectivity index is 2.16. The van der Waals surface area contributed by atoms with Gasteiger partial charge in [0.05, 0.1) is 6.21 Å². The third kappa shape index (κ3) is 2.02. The van der Waals surface area contributed by atoms with E-state index >= 15 is 0 Å². The molecule has 1 fully saturated rings. The summed E-state index contributed by atoms with van der Waals surface area (Å²) in [5, 5.41) is 14.7. The van der Waals surface area contributed by atoms with E-state index in [4.69, 9.17) is 5.21 Å². The molecule has 74 valence electrons. The van der Waals surface area contributed by atoms with Gasteiger partial charge in [-0.05, 0) is 31.4 Å². The number of nitrogens with zero attached hydrogens (tertiary/aromatic N) is 2. The highest BCUT2D eigenvalue weighted by molar-refractivity contribution is 5.81. The Morgan fingerprint density at radius 1 is 1.64 bits per heavy atom. The Morgan fingerprint density at radius 2 is 2.43 bits per heavy atom. The van der Waals surface area contributed by atoms with Crippen molar-refractivity contribution in [2.45, 2.75) is 25.8 Å². The van der Waals surface area contributed by atoms with Gasteiger partial charge in [0.25, 0.3) is 0 Å². The van der Waals surface area contributed by atoms with Crippen molar-refractivity contribution in [1.82, 2.24) is 4.98 Å². The summed E-state index contributed by atoms with van der Waals surface area (Å²) in [6.07, 6.45) is 5.57. The van der Waals surface area contributed by atoms with Crippen molar-refractivity contribution in [2.24, 2.45) is 5.16 Å². The third-order valence-corrected chi connectivity index (χ3v) is 2.28. The molecule has 1 aromatic heterocycles. The zero-order valence-electron chi connectivity index (χ0n) is 8.07. The lowest BCUT2D eigenvalue weighted by Crippen LogP contribution is -2.04. The molecule has 4 heteroatoms. The first kappa shape index (κ1) is 8.99. The normalized spacial score (nSPS) is 16.1. The minimum atomic E-state index is 0.610. The fourth-order valence-electron chi connectivity index (χ4n) is 1.28. The van der Waals surface area contributed by atoms with Crippen LogP contribution in [0, 0.1) is 6.92 Å². The molecule has 0 atom stereocenters. The van der Waals surface area contributed by atoms with E-state index in [2.05, 4.69) is 15.5 Å². The molecular formula is C10H13N3O. The molecule has 1 aliphatic carbocycles. The highest BCUT2D eigenvalue weighted by Crippen LogP contribution is 2.24. The number of pyridine rings is 1. The quantitative estimate of drug-likeness (QED) is 0.435. The van der Waals surface area contributed by atoms with Crippen LogP contribution in [0.5, 0.6) is 0 Å². The first-order chi connectivity index (χ1) is 6.79. The van der Waals surface area contributed by atoms with E-state index in [1.165, 1.54) is 19.1 Å². The molecule has 0 radical (unpaired) electrons. The van der Waals surface area contributed by atoms with Crippen molar-refractivity contribution < 1.29 is 5.21 Å². The maximum Gasteiger partial charge on any atom is 0.126 e. The van der Waals surface area contributed by atoms with Gasteiger partial charge in [-0.2, -0.15) is 0 Å². The molecule has 0 amide bonds. The minimum absolute atomic E-state index is 0.610. The summed E-state index contributed by atoms with van der Waals surface area (Å²) < 4.78 is 0. The minimum Gasteiger partial charge on any atom is -0.411 e. The van der Waals surface area contributed by atoms with Crippen molar-refractivity contribution in [1.29, 1.82) is 0 Å². The predicted molar refractivity (Wildman–Crippen MR) is 55.0 cm³/mol. The Morgan fingerprint density at radius 3 is 3.00 bits per heavy atom. The molecule has 0 aromatic carbocycles. The van der Waals surface area contributed by atoms with Crippen LogP contribution in [0.25, 0.3) is 0 Å². The van der Waals surface area contributed by atoms with E-state index in [1.807, 2.05) is 13.0 Å². The van der Waals surface area contributed by atoms with Crippen molar-refractivity contribution in [3.63, 3.8) is 0 Å². The average molecular weight is 191 g/mol. The molecule has 2 N–H and O–H groups in total. The van der Waals surface area contributed by atoms with Crippen LogP contribution in [-0.4, -0.2) is 22.4 Å². The Labute approximate surface area is 82.7 Å². The molecule has 4 nitrogen and oxygen atoms in total. The van der Waals surface area contributed by atoms with Gasteiger partial charge in [0.2, 0.25) is 0 Å². The Hall–Kier alpha value is -1.58. The van der Waals surface area contributed by atoms with Crippen LogP contribution in [0.15, 0.2) is 17.4 Å². The van der Waals surface area contributed by atoms with Crippen LogP contribution in [0.3, 0.4) is 0 Å². The fourth-order valence-corrected chi connectivity index (χ4v) is 1.28. The second kappa shape index (κ2) is 3.65. The smallest absolute Gasteiger partial charge is 0.126 e. The monoisotopic (exact) mass is 191 g/mol. The zero-order chi connectivity index (χ0) is 9.97. The number of hydrogen-bond acceptors (Lipinski definition) is 4. The van der Waals surface area contributed by atoms with E-state index in [-0.39, 0.29) is 0 Å². The number of anilines is 1. The van der Waals surface area contributed by atoms with Gasteiger partial charge in [-0.1, -0.05) is 5.16 Å². The van der Waals surface area contributed by atoms with Gasteiger partial charge in [0.15, 0.2) is 0 Å². The molecule has 0 spiro atoms. The Kier molecular flexibility index (Phi) is 2.35. The van der Waals surface area contributed by atoms with Crippen LogP contribution < -0.4 is 5.32 Å². The maximum absolute atomic E-state index is 8.39. The van der Waals surface area contributed by atoms with Gasteiger partial charge in [-0.15, -0.1) is 0 Å². The third-order valence-electron chi connectivity index (χ3n) is 2.28. The molecule has 0 unspecified atom stereocenters. The van der Waals surface area contributed by atoms with E-state index in [0.717, 1.165) is 16.9 Å². The standard InChI is InChI=1S/C10H13N3O/c1-7-4-10(13-9-2-3-9)11-5-8(7)6-12-14/h4-6,9,14H,2-3H2,1H3,(H,11,13)/b12-6+. The largest absolute Gasteiger partial charge is 0.411 e. The molecule has 1 saturated carbocycles. The van der Waals surface area contributed by atoms with Gasteiger partial charge in [-0.3, -0.25) is 0 Å². The van der Waals surface area contributed by atoms with E-state index in [1.54, 1.807) is 6.20 Å². The van der Waals surface area contributed by atoms with E-state index in [0.29, 0.717) is 6.04 Å². The van der Waals surface area contributed by atoms with Crippen molar-refractivity contribution in [2.75, 3.05) is 5.32 Å². The number of aryl methyl sites for hydroxylation is 1. The molecule has 0 bridgehead atoms. The van der Waals surface area contributed by atoms with Crippen molar-refractivity contribution >= 4 is 12.0 Å². The van der Waals surface area contributed by atoms with E-state index < -0.39 is 0 Å². The lowest BCUT2D eigenvalue weighted by molar-refractivity contribution is 0.322. The average Bonchev–Trinajstić information content (AvgIpc) is 2.94.